The molecule has 0 bridgehead atoms. The first kappa shape index (κ1) is 68.1. The molecule has 27 nitrogen and oxygen atoms in total. The van der Waals surface area contributed by atoms with Crippen molar-refractivity contribution in [2.45, 2.75) is 286 Å². The Morgan fingerprint density at radius 3 is 1.48 bits per heavy atom. The SMILES string of the molecule is CC1OC(OC2C(OC3C(OC4CCC5(C)C(CCC6(C)C5CC=C5C7CC(C)(C)CC(OC8OC(CO)C(O)C(O)C8OC8OC(C)C(O)C(O)C8O)C7(C)CCC56C)C4(C)CO)OC(C(=O)O)C(O)C3O)OC(CO)C(O)C2O)C(O)C(O)C1O. The molecule has 5 heterocycles. The van der Waals surface area contributed by atoms with Crippen molar-refractivity contribution in [3.63, 3.8) is 0 Å². The number of hydrogen-bond acceptors (Lipinski definition) is 26. The Kier molecular flexibility index (Phi) is 19.4. The zero-order valence-electron chi connectivity index (χ0n) is 51.0. The molecule has 4 saturated carbocycles. The van der Waals surface area contributed by atoms with Crippen LogP contribution in [0.1, 0.15) is 120 Å². The van der Waals surface area contributed by atoms with E-state index in [0.717, 1.165) is 19.3 Å². The van der Waals surface area contributed by atoms with Gasteiger partial charge in [-0.05, 0) is 111 Å². The van der Waals surface area contributed by atoms with E-state index < -0.39 is 201 Å². The normalized spacial score (nSPS) is 56.0. The number of carboxylic acid groups (broad SMARTS) is 1. The Labute approximate surface area is 506 Å². The molecule has 10 aliphatic rings. The molecule has 0 spiro atoms. The van der Waals surface area contributed by atoms with Crippen LogP contribution in [0.3, 0.4) is 0 Å². The number of carboxylic acids is 1. The second-order valence-corrected chi connectivity index (χ2v) is 29.2. The maximum atomic E-state index is 12.7. The molecule has 5 aliphatic carbocycles. The molecule has 5 saturated heterocycles. The van der Waals surface area contributed by atoms with Gasteiger partial charge in [-0.15, -0.1) is 0 Å². The van der Waals surface area contributed by atoms with Crippen LogP contribution >= 0.6 is 0 Å². The second kappa shape index (κ2) is 24.8. The summed E-state index contributed by atoms with van der Waals surface area (Å²) >= 11 is 0. The van der Waals surface area contributed by atoms with Gasteiger partial charge < -0.3 is 129 Å². The standard InChI is InChI=1S/C60H98O27/c1-23-33(64)37(68)43(74)50(78-23)85-46-39(70)35(66)27(20-61)80-52(46)83-32-19-55(3,4)18-26-25-10-11-30-57(6)14-13-31(58(7,22-63)29(57)12-15-60(30,9)59(25,8)17-16-56(26,32)5)82-54-48(42(73)41(72)45(84-54)49(76)77)87-53-47(40(71)36(67)28(21-62)81-53)86-51-44(75)38(69)34(65)24(2)79-51/h10,23-24,26-48,50-54,61-75H,11-22H2,1-9H3,(H,76,77). The summed E-state index contributed by atoms with van der Waals surface area (Å²) in [4.78, 5) is 12.7. The van der Waals surface area contributed by atoms with E-state index in [4.69, 9.17) is 47.4 Å². The Balaban J connectivity index is 0.905. The van der Waals surface area contributed by atoms with Gasteiger partial charge in [0.15, 0.2) is 37.6 Å². The minimum Gasteiger partial charge on any atom is -0.479 e. The summed E-state index contributed by atoms with van der Waals surface area (Å²) in [5, 5.41) is 174. The van der Waals surface area contributed by atoms with Gasteiger partial charge in [-0.2, -0.15) is 0 Å². The Hall–Kier alpha value is -1.79. The number of fused-ring (bicyclic) bond motifs is 7. The van der Waals surface area contributed by atoms with Crippen molar-refractivity contribution in [3.05, 3.63) is 11.6 Å². The quantitative estimate of drug-likeness (QED) is 0.0625. The molecule has 0 radical (unpaired) electrons. The van der Waals surface area contributed by atoms with E-state index in [2.05, 4.69) is 47.6 Å². The largest absolute Gasteiger partial charge is 0.479 e. The fraction of sp³-hybridized carbons (Fsp3) is 0.950. The van der Waals surface area contributed by atoms with E-state index in [1.165, 1.54) is 19.4 Å². The molecule has 9 fully saturated rings. The summed E-state index contributed by atoms with van der Waals surface area (Å²) < 4.78 is 61.6. The molecule has 35 unspecified atom stereocenters. The van der Waals surface area contributed by atoms with Gasteiger partial charge in [0, 0.05) is 10.8 Å². The van der Waals surface area contributed by atoms with Gasteiger partial charge in [0.05, 0.1) is 44.2 Å². The summed E-state index contributed by atoms with van der Waals surface area (Å²) in [6.07, 6.45) is -35.0. The first-order valence-electron chi connectivity index (χ1n) is 31.1. The first-order valence-corrected chi connectivity index (χ1v) is 31.1. The maximum absolute atomic E-state index is 12.7. The van der Waals surface area contributed by atoms with Crippen molar-refractivity contribution in [3.8, 4) is 0 Å². The highest BCUT2D eigenvalue weighted by Gasteiger charge is 2.71. The number of ether oxygens (including phenoxy) is 10. The Bertz CT molecular complexity index is 2440. The molecule has 87 heavy (non-hydrogen) atoms. The van der Waals surface area contributed by atoms with E-state index in [9.17, 15) is 86.5 Å². The van der Waals surface area contributed by atoms with Crippen molar-refractivity contribution in [1.82, 2.24) is 0 Å². The fourth-order valence-electron chi connectivity index (χ4n) is 18.0. The average molecular weight is 1250 g/mol. The van der Waals surface area contributed by atoms with Crippen LogP contribution in [0.2, 0.25) is 0 Å². The highest BCUT2D eigenvalue weighted by molar-refractivity contribution is 5.73. The van der Waals surface area contributed by atoms with Gasteiger partial charge in [0.1, 0.15) is 104 Å². The van der Waals surface area contributed by atoms with Crippen LogP contribution in [0.5, 0.6) is 0 Å². The number of hydrogen-bond donors (Lipinski definition) is 16. The van der Waals surface area contributed by atoms with E-state index >= 15 is 0 Å². The molecule has 5 aliphatic heterocycles. The van der Waals surface area contributed by atoms with Crippen LogP contribution in [0.4, 0.5) is 0 Å². The molecule has 0 aromatic rings. The predicted octanol–water partition coefficient (Wildman–Crippen LogP) is -2.62. The lowest BCUT2D eigenvalue weighted by Crippen LogP contribution is -2.68. The summed E-state index contributed by atoms with van der Waals surface area (Å²) in [6.45, 7) is 16.5. The molecule has 16 N–H and O–H groups in total. The topological polar surface area (TPSA) is 433 Å². The van der Waals surface area contributed by atoms with Crippen LogP contribution in [-0.2, 0) is 52.2 Å². The molecular formula is C60H98O27. The third kappa shape index (κ3) is 11.3. The number of rotatable bonds is 14. The summed E-state index contributed by atoms with van der Waals surface area (Å²) in [7, 11) is 0. The highest BCUT2D eigenvalue weighted by Crippen LogP contribution is 2.76. The van der Waals surface area contributed by atoms with Gasteiger partial charge in [-0.25, -0.2) is 4.79 Å². The maximum Gasteiger partial charge on any atom is 0.335 e. The molecule has 0 aromatic heterocycles. The minimum absolute atomic E-state index is 0.0103. The lowest BCUT2D eigenvalue weighted by molar-refractivity contribution is -0.396. The zero-order chi connectivity index (χ0) is 63.7. The van der Waals surface area contributed by atoms with Gasteiger partial charge in [-0.3, -0.25) is 0 Å². The Morgan fingerprint density at radius 1 is 0.494 bits per heavy atom. The van der Waals surface area contributed by atoms with Gasteiger partial charge in [-0.1, -0.05) is 60.1 Å². The monoisotopic (exact) mass is 1250 g/mol. The molecule has 0 amide bonds. The predicted molar refractivity (Wildman–Crippen MR) is 294 cm³/mol. The summed E-state index contributed by atoms with van der Waals surface area (Å²) in [6, 6.07) is 0. The second-order valence-electron chi connectivity index (χ2n) is 29.2. The van der Waals surface area contributed by atoms with E-state index in [1.807, 2.05) is 6.92 Å². The number of allylic oxidation sites excluding steroid dienone is 2. The van der Waals surface area contributed by atoms with E-state index in [-0.39, 0.29) is 40.6 Å². The molecule has 10 rings (SSSR count). The number of aliphatic hydroxyl groups excluding tert-OH is 15. The minimum atomic E-state index is -2.13. The van der Waals surface area contributed by atoms with Crippen LogP contribution in [0.25, 0.3) is 0 Å². The highest BCUT2D eigenvalue weighted by atomic mass is 16.8. The molecule has 0 aromatic carbocycles. The molecule has 35 atom stereocenters. The lowest BCUT2D eigenvalue weighted by Gasteiger charge is -2.72. The van der Waals surface area contributed by atoms with Crippen molar-refractivity contribution in [1.29, 1.82) is 0 Å². The van der Waals surface area contributed by atoms with Crippen molar-refractivity contribution in [2.24, 2.45) is 50.2 Å². The lowest BCUT2D eigenvalue weighted by atomic mass is 9.33. The van der Waals surface area contributed by atoms with E-state index in [1.54, 1.807) is 0 Å². The van der Waals surface area contributed by atoms with Gasteiger partial charge >= 0.3 is 5.97 Å². The third-order valence-corrected chi connectivity index (χ3v) is 23.7. The molecular weight excluding hydrogens is 1150 g/mol. The van der Waals surface area contributed by atoms with Crippen molar-refractivity contribution < 1.29 is 134 Å². The first-order chi connectivity index (χ1) is 40.7. The number of carbonyl (C=O) groups is 1. The van der Waals surface area contributed by atoms with Gasteiger partial charge in [0.2, 0.25) is 0 Å². The smallest absolute Gasteiger partial charge is 0.335 e. The van der Waals surface area contributed by atoms with Crippen LogP contribution < -0.4 is 0 Å². The van der Waals surface area contributed by atoms with Crippen LogP contribution in [-0.4, -0.2) is 273 Å². The summed E-state index contributed by atoms with van der Waals surface area (Å²) in [5.74, 6) is -1.79. The molecule has 500 valence electrons. The number of aliphatic carboxylic acids is 1. The average Bonchev–Trinajstić information content (AvgIpc) is 0.680. The van der Waals surface area contributed by atoms with Crippen LogP contribution in [0, 0.1) is 50.2 Å². The van der Waals surface area contributed by atoms with E-state index in [0.29, 0.717) is 38.5 Å². The fourth-order valence-corrected chi connectivity index (χ4v) is 18.0. The Morgan fingerprint density at radius 2 is 0.977 bits per heavy atom. The summed E-state index contributed by atoms with van der Waals surface area (Å²) in [5.41, 5.74) is -1.60. The molecule has 27 heteroatoms. The third-order valence-electron chi connectivity index (χ3n) is 23.7. The van der Waals surface area contributed by atoms with Gasteiger partial charge in [0.25, 0.3) is 0 Å². The number of aliphatic hydroxyl groups is 15. The van der Waals surface area contributed by atoms with Crippen molar-refractivity contribution >= 4 is 5.97 Å². The van der Waals surface area contributed by atoms with Crippen molar-refractivity contribution in [2.75, 3.05) is 19.8 Å². The van der Waals surface area contributed by atoms with Crippen LogP contribution in [0.15, 0.2) is 11.6 Å². The zero-order valence-corrected chi connectivity index (χ0v) is 51.0.